The van der Waals surface area contributed by atoms with Gasteiger partial charge in [0.1, 0.15) is 6.33 Å². The summed E-state index contributed by atoms with van der Waals surface area (Å²) in [5, 5.41) is 0. The van der Waals surface area contributed by atoms with Crippen molar-refractivity contribution in [3.05, 3.63) is 24.3 Å². The summed E-state index contributed by atoms with van der Waals surface area (Å²) in [5.74, 6) is -1.89. The average Bonchev–Trinajstić information content (AvgIpc) is 2.16. The van der Waals surface area contributed by atoms with Crippen molar-refractivity contribution in [2.75, 3.05) is 7.05 Å². The second kappa shape index (κ2) is 4.24. The predicted molar refractivity (Wildman–Crippen MR) is 44.6 cm³/mol. The highest BCUT2D eigenvalue weighted by molar-refractivity contribution is 5.81. The molecule has 0 radical (unpaired) electrons. The molecule has 1 amide bonds. The molecule has 0 saturated carbocycles. The number of nitrogens with zero attached hydrogens (tertiary/aromatic N) is 3. The molecule has 4 nitrogen and oxygen atoms in total. The Labute approximate surface area is 83.7 Å². The molecule has 0 aromatic carbocycles. The Morgan fingerprint density at radius 2 is 2.20 bits per heavy atom. The third-order valence-electron chi connectivity index (χ3n) is 1.63. The summed E-state index contributed by atoms with van der Waals surface area (Å²) < 4.78 is 35.9. The molecule has 0 atom stereocenters. The van der Waals surface area contributed by atoms with Crippen LogP contribution in [0.25, 0.3) is 0 Å². The van der Waals surface area contributed by atoms with Gasteiger partial charge in [-0.15, -0.1) is 0 Å². The van der Waals surface area contributed by atoms with Gasteiger partial charge < -0.3 is 4.90 Å². The maximum atomic E-state index is 12.0. The summed E-state index contributed by atoms with van der Waals surface area (Å²) in [6.07, 6.45) is -2.24. The number of hydrogen-bond donors (Lipinski definition) is 0. The fourth-order valence-corrected chi connectivity index (χ4v) is 0.943. The van der Waals surface area contributed by atoms with E-state index in [2.05, 4.69) is 9.97 Å². The van der Waals surface area contributed by atoms with Crippen LogP contribution in [0.15, 0.2) is 18.6 Å². The average molecular weight is 219 g/mol. The largest absolute Gasteiger partial charge is 0.471 e. The first kappa shape index (κ1) is 11.4. The standard InChI is InChI=1S/C8H8F3N3O/c1-14(7(15)8(9,10)11)4-6-2-3-12-5-13-6/h2-3,5H,4H2,1H3. The van der Waals surface area contributed by atoms with Crippen molar-refractivity contribution in [3.8, 4) is 0 Å². The number of carbonyl (C=O) groups excluding carboxylic acids is 1. The smallest absolute Gasteiger partial charge is 0.332 e. The fourth-order valence-electron chi connectivity index (χ4n) is 0.943. The Hall–Kier alpha value is -1.66. The van der Waals surface area contributed by atoms with E-state index in [0.717, 1.165) is 7.05 Å². The van der Waals surface area contributed by atoms with Crippen LogP contribution in [0.4, 0.5) is 13.2 Å². The second-order valence-electron chi connectivity index (χ2n) is 2.86. The normalized spacial score (nSPS) is 11.2. The minimum atomic E-state index is -4.85. The highest BCUT2D eigenvalue weighted by Crippen LogP contribution is 2.18. The highest BCUT2D eigenvalue weighted by atomic mass is 19.4. The fraction of sp³-hybridized carbons (Fsp3) is 0.375. The van der Waals surface area contributed by atoms with E-state index in [1.165, 1.54) is 18.6 Å². The van der Waals surface area contributed by atoms with Crippen molar-refractivity contribution in [1.82, 2.24) is 14.9 Å². The summed E-state index contributed by atoms with van der Waals surface area (Å²) in [5.41, 5.74) is 0.352. The summed E-state index contributed by atoms with van der Waals surface area (Å²) >= 11 is 0. The lowest BCUT2D eigenvalue weighted by Gasteiger charge is -2.17. The lowest BCUT2D eigenvalue weighted by molar-refractivity contribution is -0.184. The number of hydrogen-bond acceptors (Lipinski definition) is 3. The van der Waals surface area contributed by atoms with Crippen LogP contribution in [-0.4, -0.2) is 34.0 Å². The van der Waals surface area contributed by atoms with Gasteiger partial charge in [-0.05, 0) is 6.07 Å². The first-order valence-corrected chi connectivity index (χ1v) is 3.98. The Bertz CT molecular complexity index is 339. The Kier molecular flexibility index (Phi) is 3.23. The van der Waals surface area contributed by atoms with Crippen molar-refractivity contribution in [2.45, 2.75) is 12.7 Å². The Morgan fingerprint density at radius 3 is 2.67 bits per heavy atom. The van der Waals surface area contributed by atoms with Crippen molar-refractivity contribution in [1.29, 1.82) is 0 Å². The van der Waals surface area contributed by atoms with E-state index in [1.54, 1.807) is 0 Å². The summed E-state index contributed by atoms with van der Waals surface area (Å²) in [7, 11) is 1.07. The molecule has 0 aliphatic rings. The van der Waals surface area contributed by atoms with Gasteiger partial charge in [0.2, 0.25) is 0 Å². The van der Waals surface area contributed by atoms with Gasteiger partial charge in [-0.2, -0.15) is 13.2 Å². The maximum absolute atomic E-state index is 12.0. The molecule has 7 heteroatoms. The molecule has 0 fully saturated rings. The van der Waals surface area contributed by atoms with Gasteiger partial charge >= 0.3 is 12.1 Å². The van der Waals surface area contributed by atoms with Gasteiger partial charge in [0.25, 0.3) is 0 Å². The highest BCUT2D eigenvalue weighted by Gasteiger charge is 2.41. The third kappa shape index (κ3) is 3.19. The quantitative estimate of drug-likeness (QED) is 0.745. The number of rotatable bonds is 2. The minimum absolute atomic E-state index is 0.194. The molecule has 0 saturated heterocycles. The summed E-state index contributed by atoms with van der Waals surface area (Å²) in [6, 6.07) is 1.44. The van der Waals surface area contributed by atoms with Gasteiger partial charge in [-0.25, -0.2) is 9.97 Å². The first-order chi connectivity index (χ1) is 6.91. The number of aromatic nitrogens is 2. The van der Waals surface area contributed by atoms with Crippen LogP contribution < -0.4 is 0 Å². The molecule has 82 valence electrons. The molecule has 0 spiro atoms. The Balaban J connectivity index is 2.65. The second-order valence-corrected chi connectivity index (χ2v) is 2.86. The zero-order chi connectivity index (χ0) is 11.5. The van der Waals surface area contributed by atoms with E-state index < -0.39 is 12.1 Å². The molecule has 0 unspecified atom stereocenters. The topological polar surface area (TPSA) is 46.1 Å². The van der Waals surface area contributed by atoms with Gasteiger partial charge in [0, 0.05) is 13.2 Å². The van der Waals surface area contributed by atoms with E-state index in [1.807, 2.05) is 0 Å². The summed E-state index contributed by atoms with van der Waals surface area (Å²) in [4.78, 5) is 18.6. The molecule has 1 rings (SSSR count). The number of carbonyl (C=O) groups is 1. The molecular weight excluding hydrogens is 211 g/mol. The molecule has 0 N–H and O–H groups in total. The van der Waals surface area contributed by atoms with Crippen LogP contribution in [0.2, 0.25) is 0 Å². The molecule has 1 aromatic rings. The van der Waals surface area contributed by atoms with Crippen LogP contribution in [-0.2, 0) is 11.3 Å². The number of amides is 1. The Morgan fingerprint density at radius 1 is 1.53 bits per heavy atom. The lowest BCUT2D eigenvalue weighted by atomic mass is 10.3. The van der Waals surface area contributed by atoms with Crippen LogP contribution in [0, 0.1) is 0 Å². The molecule has 0 bridgehead atoms. The SMILES string of the molecule is CN(Cc1ccncn1)C(=O)C(F)(F)F. The van der Waals surface area contributed by atoms with E-state index >= 15 is 0 Å². The monoisotopic (exact) mass is 219 g/mol. The van der Waals surface area contributed by atoms with Crippen LogP contribution in [0.3, 0.4) is 0 Å². The number of alkyl halides is 3. The number of halogens is 3. The molecule has 15 heavy (non-hydrogen) atoms. The van der Waals surface area contributed by atoms with E-state index in [4.69, 9.17) is 0 Å². The van der Waals surface area contributed by atoms with Gasteiger partial charge in [0.15, 0.2) is 0 Å². The van der Waals surface area contributed by atoms with Gasteiger partial charge in [-0.3, -0.25) is 4.79 Å². The first-order valence-electron chi connectivity index (χ1n) is 3.98. The maximum Gasteiger partial charge on any atom is 0.471 e. The molecule has 1 heterocycles. The third-order valence-corrected chi connectivity index (χ3v) is 1.63. The van der Waals surface area contributed by atoms with E-state index in [-0.39, 0.29) is 6.54 Å². The zero-order valence-corrected chi connectivity index (χ0v) is 7.82. The van der Waals surface area contributed by atoms with E-state index in [0.29, 0.717) is 10.6 Å². The van der Waals surface area contributed by atoms with Crippen LogP contribution in [0.5, 0.6) is 0 Å². The van der Waals surface area contributed by atoms with E-state index in [9.17, 15) is 18.0 Å². The predicted octanol–water partition coefficient (Wildman–Crippen LogP) is 0.997. The summed E-state index contributed by atoms with van der Waals surface area (Å²) in [6.45, 7) is -0.194. The van der Waals surface area contributed by atoms with Gasteiger partial charge in [0.05, 0.1) is 12.2 Å². The van der Waals surface area contributed by atoms with Crippen molar-refractivity contribution >= 4 is 5.91 Å². The molecular formula is C8H8F3N3O. The van der Waals surface area contributed by atoms with Crippen LogP contribution in [0.1, 0.15) is 5.69 Å². The molecule has 0 aliphatic carbocycles. The molecule has 0 aliphatic heterocycles. The lowest BCUT2D eigenvalue weighted by Crippen LogP contribution is -2.38. The zero-order valence-electron chi connectivity index (χ0n) is 7.82. The minimum Gasteiger partial charge on any atom is -0.332 e. The van der Waals surface area contributed by atoms with Gasteiger partial charge in [-0.1, -0.05) is 0 Å². The van der Waals surface area contributed by atoms with Crippen molar-refractivity contribution in [2.24, 2.45) is 0 Å². The van der Waals surface area contributed by atoms with Crippen molar-refractivity contribution < 1.29 is 18.0 Å². The van der Waals surface area contributed by atoms with Crippen molar-refractivity contribution in [3.63, 3.8) is 0 Å². The van der Waals surface area contributed by atoms with Crippen LogP contribution >= 0.6 is 0 Å². The molecule has 1 aromatic heterocycles.